The Bertz CT molecular complexity index is 166. The summed E-state index contributed by atoms with van der Waals surface area (Å²) in [5.41, 5.74) is 0. The Labute approximate surface area is 46.9 Å². The van der Waals surface area contributed by atoms with Crippen molar-refractivity contribution in [3.63, 3.8) is 0 Å². The average molecular weight is 109 g/mol. The Hall–Kier alpha value is -1.30. The van der Waals surface area contributed by atoms with E-state index in [4.69, 9.17) is 10.1 Å². The molecule has 0 aromatic carbocycles. The summed E-state index contributed by atoms with van der Waals surface area (Å²) in [5, 5.41) is 8.11. The van der Waals surface area contributed by atoms with Crippen LogP contribution in [-0.4, -0.2) is 6.23 Å². The fourth-order valence-corrected chi connectivity index (χ4v) is 0.441. The van der Waals surface area contributed by atoms with Crippen molar-refractivity contribution in [3.05, 3.63) is 29.5 Å². The molecule has 0 fully saturated rings. The third-order valence-electron chi connectivity index (χ3n) is 0.797. The minimum Gasteiger partial charge on any atom is -0.423 e. The van der Waals surface area contributed by atoms with Crippen molar-refractivity contribution in [2.75, 3.05) is 0 Å². The van der Waals surface area contributed by atoms with Crippen LogP contribution in [0.15, 0.2) is 24.5 Å². The quantitative estimate of drug-likeness (QED) is 0.439. The zero-order valence-electron chi connectivity index (χ0n) is 4.19. The molecule has 0 saturated carbocycles. The van der Waals surface area contributed by atoms with Gasteiger partial charge in [-0.05, 0) is 6.08 Å². The van der Waals surface area contributed by atoms with Gasteiger partial charge in [-0.25, -0.2) is 0 Å². The molecule has 0 aromatic rings. The standard InChI is InChI=1S/C5H5N2O/c6-7-5-3-1-2-4-8-5/h1-5H/q+1. The third-order valence-corrected chi connectivity index (χ3v) is 0.797. The van der Waals surface area contributed by atoms with E-state index in [0.717, 1.165) is 0 Å². The molecule has 0 aromatic heterocycles. The fourth-order valence-electron chi connectivity index (χ4n) is 0.441. The summed E-state index contributed by atoms with van der Waals surface area (Å²) >= 11 is 0. The predicted octanol–water partition coefficient (Wildman–Crippen LogP) is 1.27. The molecule has 3 heteroatoms. The van der Waals surface area contributed by atoms with E-state index in [9.17, 15) is 0 Å². The maximum atomic E-state index is 8.11. The monoisotopic (exact) mass is 109 g/mol. The van der Waals surface area contributed by atoms with Gasteiger partial charge in [-0.3, -0.25) is 0 Å². The first-order valence-electron chi connectivity index (χ1n) is 2.26. The smallest absolute Gasteiger partial charge is 0.423 e. The Morgan fingerprint density at radius 3 is 2.75 bits per heavy atom. The van der Waals surface area contributed by atoms with E-state index in [1.165, 1.54) is 6.26 Å². The molecule has 0 amide bonds. The summed E-state index contributed by atoms with van der Waals surface area (Å²) in [6, 6.07) is 0. The maximum absolute atomic E-state index is 8.11. The predicted molar refractivity (Wildman–Crippen MR) is 28.2 cm³/mol. The van der Waals surface area contributed by atoms with Crippen molar-refractivity contribution in [2.45, 2.75) is 6.23 Å². The summed E-state index contributed by atoms with van der Waals surface area (Å²) in [4.78, 5) is 2.89. The highest BCUT2D eigenvalue weighted by atomic mass is 16.5. The third kappa shape index (κ3) is 0.850. The van der Waals surface area contributed by atoms with Gasteiger partial charge in [-0.1, -0.05) is 6.08 Å². The number of hydrogen-bond donors (Lipinski definition) is 0. The number of rotatable bonds is 0. The van der Waals surface area contributed by atoms with Gasteiger partial charge in [0.05, 0.1) is 6.26 Å². The van der Waals surface area contributed by atoms with Crippen LogP contribution in [0.5, 0.6) is 0 Å². The van der Waals surface area contributed by atoms with Crippen molar-refractivity contribution < 1.29 is 4.74 Å². The molecular weight excluding hydrogens is 104 g/mol. The van der Waals surface area contributed by atoms with Crippen LogP contribution >= 0.6 is 0 Å². The van der Waals surface area contributed by atoms with Gasteiger partial charge in [0.1, 0.15) is 0 Å². The lowest BCUT2D eigenvalue weighted by atomic mass is 10.4. The molecule has 0 N–H and O–H groups in total. The summed E-state index contributed by atoms with van der Waals surface area (Å²) in [6.07, 6.45) is 6.10. The first-order valence-corrected chi connectivity index (χ1v) is 2.26. The topological polar surface area (TPSA) is 37.4 Å². The summed E-state index contributed by atoms with van der Waals surface area (Å²) in [7, 11) is 0. The van der Waals surface area contributed by atoms with Crippen LogP contribution < -0.4 is 0 Å². The molecular formula is C5H5N2O+. The van der Waals surface area contributed by atoms with Crippen LogP contribution in [-0.2, 0) is 4.74 Å². The van der Waals surface area contributed by atoms with Crippen LogP contribution in [0.25, 0.3) is 4.98 Å². The SMILES string of the molecule is N#[N+]C1C=CC=CO1. The van der Waals surface area contributed by atoms with E-state index in [-0.39, 0.29) is 0 Å². The van der Waals surface area contributed by atoms with Crippen LogP contribution in [0.2, 0.25) is 0 Å². The van der Waals surface area contributed by atoms with Gasteiger partial charge in [-0.15, -0.1) is 0 Å². The molecule has 1 heterocycles. The van der Waals surface area contributed by atoms with Gasteiger partial charge in [0, 0.05) is 6.08 Å². The number of diazo groups is 1. The second-order valence-corrected chi connectivity index (χ2v) is 1.36. The Morgan fingerprint density at radius 1 is 1.50 bits per heavy atom. The number of nitrogens with zero attached hydrogens (tertiary/aromatic N) is 2. The summed E-state index contributed by atoms with van der Waals surface area (Å²) in [6.45, 7) is 0. The molecule has 1 unspecified atom stereocenters. The molecule has 0 bridgehead atoms. The van der Waals surface area contributed by atoms with Gasteiger partial charge in [-0.2, -0.15) is 0 Å². The van der Waals surface area contributed by atoms with Gasteiger partial charge in [0.15, 0.2) is 4.98 Å². The van der Waals surface area contributed by atoms with Crippen molar-refractivity contribution in [1.29, 1.82) is 5.39 Å². The molecule has 1 rings (SSSR count). The molecule has 1 atom stereocenters. The molecule has 1 aliphatic rings. The molecule has 40 valence electrons. The highest BCUT2D eigenvalue weighted by molar-refractivity contribution is 5.08. The highest BCUT2D eigenvalue weighted by Gasteiger charge is 2.14. The Kier molecular flexibility index (Phi) is 1.29. The lowest BCUT2D eigenvalue weighted by Gasteiger charge is -1.93. The summed E-state index contributed by atoms with van der Waals surface area (Å²) in [5.74, 6) is 0. The second kappa shape index (κ2) is 2.12. The largest absolute Gasteiger partial charge is 0.475 e. The molecule has 0 saturated heterocycles. The van der Waals surface area contributed by atoms with Gasteiger partial charge in [0.25, 0.3) is 0 Å². The minimum absolute atomic E-state index is 0.500. The van der Waals surface area contributed by atoms with E-state index >= 15 is 0 Å². The van der Waals surface area contributed by atoms with Crippen LogP contribution in [0, 0.1) is 5.39 Å². The average Bonchev–Trinajstić information content (AvgIpc) is 1.90. The lowest BCUT2D eigenvalue weighted by Crippen LogP contribution is -2.00. The highest BCUT2D eigenvalue weighted by Crippen LogP contribution is 2.01. The molecule has 0 spiro atoms. The van der Waals surface area contributed by atoms with Crippen molar-refractivity contribution >= 4 is 0 Å². The zero-order valence-corrected chi connectivity index (χ0v) is 4.19. The minimum atomic E-state index is -0.500. The maximum Gasteiger partial charge on any atom is 0.475 e. The lowest BCUT2D eigenvalue weighted by molar-refractivity contribution is 0.220. The van der Waals surface area contributed by atoms with Gasteiger partial charge < -0.3 is 4.74 Å². The Morgan fingerprint density at radius 2 is 2.38 bits per heavy atom. The second-order valence-electron chi connectivity index (χ2n) is 1.36. The first-order chi connectivity index (χ1) is 3.93. The summed E-state index contributed by atoms with van der Waals surface area (Å²) < 4.78 is 4.74. The molecule has 0 aliphatic carbocycles. The van der Waals surface area contributed by atoms with Gasteiger partial charge in [0.2, 0.25) is 5.39 Å². The zero-order chi connectivity index (χ0) is 5.82. The van der Waals surface area contributed by atoms with Gasteiger partial charge >= 0.3 is 6.23 Å². The first kappa shape index (κ1) is 4.85. The molecule has 3 nitrogen and oxygen atoms in total. The van der Waals surface area contributed by atoms with E-state index in [1.54, 1.807) is 18.2 Å². The fraction of sp³-hybridized carbons (Fsp3) is 0.200. The molecule has 8 heavy (non-hydrogen) atoms. The normalized spacial score (nSPS) is 24.1. The van der Waals surface area contributed by atoms with Crippen molar-refractivity contribution in [2.24, 2.45) is 0 Å². The number of hydrogen-bond acceptors (Lipinski definition) is 2. The molecule has 1 aliphatic heterocycles. The van der Waals surface area contributed by atoms with E-state index in [0.29, 0.717) is 0 Å². The van der Waals surface area contributed by atoms with Crippen molar-refractivity contribution in [1.82, 2.24) is 0 Å². The van der Waals surface area contributed by atoms with E-state index in [1.807, 2.05) is 0 Å². The number of ether oxygens (including phenoxy) is 1. The van der Waals surface area contributed by atoms with Crippen LogP contribution in [0.3, 0.4) is 0 Å². The Balaban J connectivity index is 2.55. The van der Waals surface area contributed by atoms with Crippen LogP contribution in [0.4, 0.5) is 0 Å². The van der Waals surface area contributed by atoms with E-state index < -0.39 is 6.23 Å². The van der Waals surface area contributed by atoms with Crippen molar-refractivity contribution in [3.8, 4) is 0 Å². The number of allylic oxidation sites excluding steroid dienone is 2. The molecule has 0 radical (unpaired) electrons. The van der Waals surface area contributed by atoms with Crippen LogP contribution in [0.1, 0.15) is 0 Å². The van der Waals surface area contributed by atoms with E-state index in [2.05, 4.69) is 4.98 Å².